The van der Waals surface area contributed by atoms with E-state index in [-0.39, 0.29) is 13.4 Å². The van der Waals surface area contributed by atoms with Gasteiger partial charge in [-0.1, -0.05) is 14.0 Å². The number of ether oxygens (including phenoxy) is 5. The van der Waals surface area contributed by atoms with Crippen LogP contribution in [-0.2, 0) is 28.5 Å². The van der Waals surface area contributed by atoms with E-state index in [1.165, 1.54) is 28.3 Å². The largest absolute Gasteiger partial charge is 0.507 e. The van der Waals surface area contributed by atoms with Gasteiger partial charge >= 0.3 is 18.3 Å². The quantitative estimate of drug-likeness (QED) is 0.435. The van der Waals surface area contributed by atoms with Gasteiger partial charge in [-0.05, 0) is 6.92 Å². The predicted octanol–water partition coefficient (Wildman–Crippen LogP) is 2.52. The molecule has 0 atom stereocenters. The summed E-state index contributed by atoms with van der Waals surface area (Å²) in [6.45, 7) is 6.57. The van der Waals surface area contributed by atoms with E-state index in [1.54, 1.807) is 6.92 Å². The zero-order chi connectivity index (χ0) is 15.7. The molecule has 0 aromatic carbocycles. The molecule has 0 aromatic rings. The highest BCUT2D eigenvalue weighted by Gasteiger charge is 1.92. The number of hydrogen-bond acceptors (Lipinski definition) is 8. The van der Waals surface area contributed by atoms with E-state index in [0.29, 0.717) is 6.61 Å². The first-order chi connectivity index (χ1) is 8.89. The fourth-order valence-corrected chi connectivity index (χ4v) is 0.377. The molecule has 0 aromatic heterocycles. The molecule has 0 bridgehead atoms. The standard InChI is InChI=1S/C4H8O3.C4H6O2.C3H6O3.CH4/c1-3-7-4(5)6-2;1-3-6-4(2)5;1-5-3(4)6-2;/h3H2,1-2H3;3H,1H2,2H3;1-2H3;1H4. The third-order valence-electron chi connectivity index (χ3n) is 1.01. The van der Waals surface area contributed by atoms with Crippen LogP contribution in [0.4, 0.5) is 9.59 Å². The summed E-state index contributed by atoms with van der Waals surface area (Å²) in [5.41, 5.74) is 0. The first-order valence-electron chi connectivity index (χ1n) is 5.00. The Labute approximate surface area is 119 Å². The van der Waals surface area contributed by atoms with Crippen molar-refractivity contribution in [3.63, 3.8) is 0 Å². The molecule has 8 nitrogen and oxygen atoms in total. The number of rotatable bonds is 2. The van der Waals surface area contributed by atoms with Crippen LogP contribution in [0.5, 0.6) is 0 Å². The molecule has 8 heteroatoms. The second kappa shape index (κ2) is 22.0. The Morgan fingerprint density at radius 1 is 1.00 bits per heavy atom. The monoisotopic (exact) mass is 296 g/mol. The van der Waals surface area contributed by atoms with Gasteiger partial charge < -0.3 is 23.7 Å². The molecule has 0 aliphatic heterocycles. The molecule has 0 saturated heterocycles. The molecule has 120 valence electrons. The highest BCUT2D eigenvalue weighted by Crippen LogP contribution is 1.77. The summed E-state index contributed by atoms with van der Waals surface area (Å²) in [6.07, 6.45) is -0.181. The Morgan fingerprint density at radius 2 is 1.40 bits per heavy atom. The third kappa shape index (κ3) is 36.0. The number of esters is 1. The fourth-order valence-electron chi connectivity index (χ4n) is 0.377. The van der Waals surface area contributed by atoms with E-state index in [2.05, 4.69) is 30.3 Å². The van der Waals surface area contributed by atoms with Crippen LogP contribution in [-0.4, -0.2) is 46.2 Å². The van der Waals surface area contributed by atoms with E-state index in [9.17, 15) is 14.4 Å². The molecule has 0 unspecified atom stereocenters. The smallest absolute Gasteiger partial charge is 0.438 e. The minimum absolute atomic E-state index is 0. The molecule has 0 radical (unpaired) electrons. The third-order valence-corrected chi connectivity index (χ3v) is 1.01. The lowest BCUT2D eigenvalue weighted by atomic mass is 10.8. The van der Waals surface area contributed by atoms with Gasteiger partial charge in [-0.3, -0.25) is 4.79 Å². The molecule has 0 N–H and O–H groups in total. The van der Waals surface area contributed by atoms with Gasteiger partial charge in [0.1, 0.15) is 0 Å². The molecule has 0 amide bonds. The molecule has 0 fully saturated rings. The fraction of sp³-hybridized carbons (Fsp3) is 0.583. The average molecular weight is 296 g/mol. The molecule has 0 heterocycles. The van der Waals surface area contributed by atoms with Gasteiger partial charge in [0, 0.05) is 6.92 Å². The molecule has 0 rings (SSSR count). The molecular formula is C12H24O8. The summed E-state index contributed by atoms with van der Waals surface area (Å²) in [7, 11) is 3.79. The van der Waals surface area contributed by atoms with Crippen molar-refractivity contribution in [2.45, 2.75) is 21.3 Å². The van der Waals surface area contributed by atoms with Crippen molar-refractivity contribution in [2.75, 3.05) is 27.9 Å². The van der Waals surface area contributed by atoms with Crippen LogP contribution in [0.25, 0.3) is 0 Å². The Kier molecular flexibility index (Phi) is 28.9. The summed E-state index contributed by atoms with van der Waals surface area (Å²) in [5, 5.41) is 0. The maximum atomic E-state index is 9.97. The zero-order valence-corrected chi connectivity index (χ0v) is 11.8. The van der Waals surface area contributed by atoms with Crippen molar-refractivity contribution in [3.05, 3.63) is 12.8 Å². The molecule has 20 heavy (non-hydrogen) atoms. The highest BCUT2D eigenvalue weighted by molar-refractivity contribution is 5.66. The summed E-state index contributed by atoms with van der Waals surface area (Å²) < 4.78 is 20.7. The second-order valence-corrected chi connectivity index (χ2v) is 2.32. The van der Waals surface area contributed by atoms with Crippen LogP contribution in [0.2, 0.25) is 0 Å². The van der Waals surface area contributed by atoms with E-state index in [0.717, 1.165) is 6.26 Å². The lowest BCUT2D eigenvalue weighted by Crippen LogP contribution is -2.02. The minimum atomic E-state index is -0.657. The minimum Gasteiger partial charge on any atom is -0.438 e. The van der Waals surface area contributed by atoms with Gasteiger partial charge in [-0.2, -0.15) is 0 Å². The summed E-state index contributed by atoms with van der Waals surface area (Å²) in [4.78, 5) is 29.5. The summed E-state index contributed by atoms with van der Waals surface area (Å²) in [5.74, 6) is -0.329. The molecule has 0 saturated carbocycles. The number of hydrogen-bond donors (Lipinski definition) is 0. The van der Waals surface area contributed by atoms with Gasteiger partial charge in [0.05, 0.1) is 34.2 Å². The Bertz CT molecular complexity index is 256. The molecule has 0 aliphatic rings. The highest BCUT2D eigenvalue weighted by atomic mass is 16.7. The van der Waals surface area contributed by atoms with Gasteiger partial charge in [0.25, 0.3) is 0 Å². The number of carbonyl (C=O) groups is 3. The number of carbonyl (C=O) groups excluding carboxylic acids is 3. The topological polar surface area (TPSA) is 97.4 Å². The van der Waals surface area contributed by atoms with E-state index in [4.69, 9.17) is 0 Å². The van der Waals surface area contributed by atoms with Crippen molar-refractivity contribution < 1.29 is 38.1 Å². The predicted molar refractivity (Wildman–Crippen MR) is 72.1 cm³/mol. The Balaban J connectivity index is -0.0000000941. The zero-order valence-electron chi connectivity index (χ0n) is 11.8. The molecular weight excluding hydrogens is 272 g/mol. The molecule has 0 spiro atoms. The van der Waals surface area contributed by atoms with Crippen LogP contribution in [0.3, 0.4) is 0 Å². The van der Waals surface area contributed by atoms with Crippen LogP contribution in [0, 0.1) is 0 Å². The SMILES string of the molecule is C.C=COC(C)=O.CCOC(=O)OC.COC(=O)OC. The maximum absolute atomic E-state index is 9.97. The van der Waals surface area contributed by atoms with Crippen molar-refractivity contribution in [2.24, 2.45) is 0 Å². The summed E-state index contributed by atoms with van der Waals surface area (Å²) >= 11 is 0. The average Bonchev–Trinajstić information content (AvgIpc) is 2.39. The van der Waals surface area contributed by atoms with Crippen molar-refractivity contribution in [1.82, 2.24) is 0 Å². The van der Waals surface area contributed by atoms with Gasteiger partial charge in [0.15, 0.2) is 0 Å². The maximum Gasteiger partial charge on any atom is 0.507 e. The van der Waals surface area contributed by atoms with Crippen molar-refractivity contribution >= 4 is 18.3 Å². The lowest BCUT2D eigenvalue weighted by Gasteiger charge is -1.94. The Morgan fingerprint density at radius 3 is 1.45 bits per heavy atom. The first-order valence-corrected chi connectivity index (χ1v) is 5.00. The van der Waals surface area contributed by atoms with Crippen LogP contribution in [0.1, 0.15) is 21.3 Å². The van der Waals surface area contributed by atoms with Gasteiger partial charge in [0.2, 0.25) is 0 Å². The lowest BCUT2D eigenvalue weighted by molar-refractivity contribution is -0.135. The number of methoxy groups -OCH3 is 3. The van der Waals surface area contributed by atoms with Crippen molar-refractivity contribution in [3.8, 4) is 0 Å². The van der Waals surface area contributed by atoms with E-state index >= 15 is 0 Å². The second-order valence-electron chi connectivity index (χ2n) is 2.32. The van der Waals surface area contributed by atoms with Crippen molar-refractivity contribution in [1.29, 1.82) is 0 Å². The Hall–Kier alpha value is -2.25. The van der Waals surface area contributed by atoms with Gasteiger partial charge in [-0.25, -0.2) is 9.59 Å². The normalized spacial score (nSPS) is 6.85. The summed E-state index contributed by atoms with van der Waals surface area (Å²) in [6, 6.07) is 0. The van der Waals surface area contributed by atoms with Crippen LogP contribution >= 0.6 is 0 Å². The van der Waals surface area contributed by atoms with E-state index < -0.39 is 12.3 Å². The first kappa shape index (κ1) is 26.3. The van der Waals surface area contributed by atoms with Gasteiger partial charge in [-0.15, -0.1) is 0 Å². The molecule has 0 aliphatic carbocycles. The van der Waals surface area contributed by atoms with Crippen LogP contribution in [0.15, 0.2) is 12.8 Å². The van der Waals surface area contributed by atoms with Crippen LogP contribution < -0.4 is 0 Å². The van der Waals surface area contributed by atoms with E-state index in [1.807, 2.05) is 0 Å².